The Hall–Kier alpha value is -1.06. The van der Waals surface area contributed by atoms with Gasteiger partial charge in [0.1, 0.15) is 0 Å². The van der Waals surface area contributed by atoms with Crippen LogP contribution in [-0.4, -0.2) is 25.2 Å². The molecule has 0 N–H and O–H groups in total. The lowest BCUT2D eigenvalue weighted by Crippen LogP contribution is -2.07. The Morgan fingerprint density at radius 2 is 0.815 bits per heavy atom. The van der Waals surface area contributed by atoms with Gasteiger partial charge in [0.15, 0.2) is 0 Å². The fourth-order valence-corrected chi connectivity index (χ4v) is 3.00. The summed E-state index contributed by atoms with van der Waals surface area (Å²) in [6.07, 6.45) is 17.8. The maximum atomic E-state index is 11.6. The van der Waals surface area contributed by atoms with E-state index in [0.717, 1.165) is 44.9 Å². The number of unbranched alkanes of at least 4 members (excludes halogenated alkanes) is 12. The number of carbonyl (C=O) groups excluding carboxylic acids is 2. The molecule has 0 aliphatic rings. The third-order valence-corrected chi connectivity index (χ3v) is 4.78. The van der Waals surface area contributed by atoms with Crippen molar-refractivity contribution in [3.05, 3.63) is 0 Å². The molecule has 0 radical (unpaired) electrons. The summed E-state index contributed by atoms with van der Waals surface area (Å²) in [7, 11) is 0. The zero-order chi connectivity index (χ0) is 20.0. The van der Waals surface area contributed by atoms with E-state index in [4.69, 9.17) is 9.47 Å². The molecule has 0 unspecified atom stereocenters. The van der Waals surface area contributed by atoms with Crippen LogP contribution in [0.25, 0.3) is 0 Å². The number of carbonyl (C=O) groups is 2. The van der Waals surface area contributed by atoms with Crippen molar-refractivity contribution in [3.8, 4) is 0 Å². The molecule has 4 heteroatoms. The van der Waals surface area contributed by atoms with Gasteiger partial charge in [0.2, 0.25) is 0 Å². The van der Waals surface area contributed by atoms with Gasteiger partial charge in [-0.3, -0.25) is 9.59 Å². The van der Waals surface area contributed by atoms with E-state index in [1.807, 2.05) is 0 Å². The van der Waals surface area contributed by atoms with Gasteiger partial charge in [-0.2, -0.15) is 0 Å². The molecule has 0 atom stereocenters. The van der Waals surface area contributed by atoms with E-state index in [9.17, 15) is 9.59 Å². The molecule has 0 aromatic carbocycles. The van der Waals surface area contributed by atoms with Gasteiger partial charge >= 0.3 is 11.9 Å². The second kappa shape index (κ2) is 21.2. The SMILES string of the molecule is CCCCCCCCOC(=O)CCCCCC(=O)OCCCCCCCC. The molecule has 0 bridgehead atoms. The number of rotatable bonds is 20. The highest BCUT2D eigenvalue weighted by molar-refractivity contribution is 5.69. The van der Waals surface area contributed by atoms with Crippen molar-refractivity contribution in [3.63, 3.8) is 0 Å². The first-order valence-electron chi connectivity index (χ1n) is 11.5. The van der Waals surface area contributed by atoms with Crippen molar-refractivity contribution in [2.45, 2.75) is 123 Å². The Balaban J connectivity index is 3.29. The molecule has 0 saturated carbocycles. The van der Waals surface area contributed by atoms with E-state index in [2.05, 4.69) is 13.8 Å². The minimum absolute atomic E-state index is 0.103. The van der Waals surface area contributed by atoms with Crippen LogP contribution in [0.3, 0.4) is 0 Å². The molecule has 0 aliphatic carbocycles. The Morgan fingerprint density at radius 1 is 0.481 bits per heavy atom. The summed E-state index contributed by atoms with van der Waals surface area (Å²) >= 11 is 0. The van der Waals surface area contributed by atoms with Crippen LogP contribution in [0.1, 0.15) is 123 Å². The summed E-state index contributed by atoms with van der Waals surface area (Å²) in [6.45, 7) is 5.52. The van der Waals surface area contributed by atoms with Crippen LogP contribution in [-0.2, 0) is 19.1 Å². The van der Waals surface area contributed by atoms with Crippen molar-refractivity contribution >= 4 is 11.9 Å². The average molecular weight is 385 g/mol. The standard InChI is InChI=1S/C23H44O4/c1-3-5-7-9-11-16-20-26-22(24)18-14-13-15-19-23(25)27-21-17-12-10-8-6-4-2/h3-21H2,1-2H3. The van der Waals surface area contributed by atoms with Crippen molar-refractivity contribution in [2.75, 3.05) is 13.2 Å². The van der Waals surface area contributed by atoms with Crippen molar-refractivity contribution < 1.29 is 19.1 Å². The summed E-state index contributed by atoms with van der Waals surface area (Å²) in [6, 6.07) is 0. The van der Waals surface area contributed by atoms with Gasteiger partial charge < -0.3 is 9.47 Å². The van der Waals surface area contributed by atoms with Gasteiger partial charge in [-0.25, -0.2) is 0 Å². The van der Waals surface area contributed by atoms with Crippen LogP contribution in [0.5, 0.6) is 0 Å². The van der Waals surface area contributed by atoms with Crippen LogP contribution in [0, 0.1) is 0 Å². The molecule has 0 amide bonds. The molecular formula is C23H44O4. The van der Waals surface area contributed by atoms with E-state index in [-0.39, 0.29) is 11.9 Å². The van der Waals surface area contributed by atoms with Crippen molar-refractivity contribution in [1.29, 1.82) is 0 Å². The molecule has 0 spiro atoms. The normalized spacial score (nSPS) is 10.7. The summed E-state index contributed by atoms with van der Waals surface area (Å²) in [4.78, 5) is 23.3. The third-order valence-electron chi connectivity index (χ3n) is 4.78. The lowest BCUT2D eigenvalue weighted by atomic mass is 10.1. The highest BCUT2D eigenvalue weighted by atomic mass is 16.5. The Bertz CT molecular complexity index is 309. The number of ether oxygens (including phenoxy) is 2. The quantitative estimate of drug-likeness (QED) is 0.172. The fourth-order valence-electron chi connectivity index (χ4n) is 3.00. The van der Waals surface area contributed by atoms with E-state index in [0.29, 0.717) is 26.1 Å². The van der Waals surface area contributed by atoms with Gasteiger partial charge in [0.25, 0.3) is 0 Å². The Labute approximate surface area is 167 Å². The summed E-state index contributed by atoms with van der Waals surface area (Å²) in [5, 5.41) is 0. The molecule has 0 heterocycles. The minimum Gasteiger partial charge on any atom is -0.466 e. The first kappa shape index (κ1) is 25.9. The van der Waals surface area contributed by atoms with E-state index < -0.39 is 0 Å². The molecule has 0 rings (SSSR count). The summed E-state index contributed by atoms with van der Waals surface area (Å²) in [5.41, 5.74) is 0. The van der Waals surface area contributed by atoms with E-state index in [1.165, 1.54) is 51.4 Å². The summed E-state index contributed by atoms with van der Waals surface area (Å²) < 4.78 is 10.5. The highest BCUT2D eigenvalue weighted by Crippen LogP contribution is 2.08. The first-order chi connectivity index (χ1) is 13.2. The van der Waals surface area contributed by atoms with Gasteiger partial charge in [0.05, 0.1) is 13.2 Å². The Morgan fingerprint density at radius 3 is 1.22 bits per heavy atom. The number of esters is 2. The van der Waals surface area contributed by atoms with Crippen LogP contribution in [0.4, 0.5) is 0 Å². The van der Waals surface area contributed by atoms with Gasteiger partial charge in [-0.05, 0) is 25.7 Å². The number of hydrogen-bond acceptors (Lipinski definition) is 4. The molecular weight excluding hydrogens is 340 g/mol. The van der Waals surface area contributed by atoms with Gasteiger partial charge in [-0.15, -0.1) is 0 Å². The molecule has 4 nitrogen and oxygen atoms in total. The maximum absolute atomic E-state index is 11.6. The average Bonchev–Trinajstić information content (AvgIpc) is 2.66. The third kappa shape index (κ3) is 21.1. The molecule has 0 aliphatic heterocycles. The van der Waals surface area contributed by atoms with E-state index in [1.54, 1.807) is 0 Å². The zero-order valence-electron chi connectivity index (χ0n) is 18.1. The van der Waals surface area contributed by atoms with Crippen LogP contribution in [0.15, 0.2) is 0 Å². The van der Waals surface area contributed by atoms with Gasteiger partial charge in [0, 0.05) is 12.8 Å². The highest BCUT2D eigenvalue weighted by Gasteiger charge is 2.05. The topological polar surface area (TPSA) is 52.6 Å². The fraction of sp³-hybridized carbons (Fsp3) is 0.913. The molecule has 160 valence electrons. The second-order valence-corrected chi connectivity index (χ2v) is 7.54. The van der Waals surface area contributed by atoms with Crippen LogP contribution >= 0.6 is 0 Å². The molecule has 0 fully saturated rings. The lowest BCUT2D eigenvalue weighted by molar-refractivity contribution is -0.144. The largest absolute Gasteiger partial charge is 0.466 e. The smallest absolute Gasteiger partial charge is 0.305 e. The van der Waals surface area contributed by atoms with Gasteiger partial charge in [-0.1, -0.05) is 84.5 Å². The molecule has 0 saturated heterocycles. The lowest BCUT2D eigenvalue weighted by Gasteiger charge is -2.06. The molecule has 27 heavy (non-hydrogen) atoms. The predicted octanol–water partition coefficient (Wildman–Crippen LogP) is 6.74. The van der Waals surface area contributed by atoms with Crippen LogP contribution in [0.2, 0.25) is 0 Å². The maximum Gasteiger partial charge on any atom is 0.305 e. The van der Waals surface area contributed by atoms with E-state index >= 15 is 0 Å². The second-order valence-electron chi connectivity index (χ2n) is 7.54. The Kier molecular flexibility index (Phi) is 20.4. The first-order valence-corrected chi connectivity index (χ1v) is 11.5. The van der Waals surface area contributed by atoms with Crippen LogP contribution < -0.4 is 0 Å². The van der Waals surface area contributed by atoms with Crippen molar-refractivity contribution in [1.82, 2.24) is 0 Å². The monoisotopic (exact) mass is 384 g/mol. The zero-order valence-corrected chi connectivity index (χ0v) is 18.1. The predicted molar refractivity (Wildman–Crippen MR) is 112 cm³/mol. The van der Waals surface area contributed by atoms with Crippen molar-refractivity contribution in [2.24, 2.45) is 0 Å². The number of hydrogen-bond donors (Lipinski definition) is 0. The molecule has 0 aromatic rings. The molecule has 0 aromatic heterocycles. The summed E-state index contributed by atoms with van der Waals surface area (Å²) in [5.74, 6) is -0.205. The minimum atomic E-state index is -0.103.